The van der Waals surface area contributed by atoms with Gasteiger partial charge in [-0.1, -0.05) is 5.92 Å². The average Bonchev–Trinajstić information content (AvgIpc) is 3.57. The summed E-state index contributed by atoms with van der Waals surface area (Å²) in [5.41, 5.74) is 6.50. The van der Waals surface area contributed by atoms with Crippen LogP contribution in [0.2, 0.25) is 0 Å². The second-order valence-corrected chi connectivity index (χ2v) is 8.48. The Balaban J connectivity index is 1.41. The zero-order valence-corrected chi connectivity index (χ0v) is 19.2. The molecule has 2 aliphatic rings. The summed E-state index contributed by atoms with van der Waals surface area (Å²) in [4.78, 5) is 43.0. The van der Waals surface area contributed by atoms with Crippen molar-refractivity contribution in [3.8, 4) is 11.8 Å². The van der Waals surface area contributed by atoms with Crippen LogP contribution in [0.3, 0.4) is 0 Å². The number of carbonyl (C=O) groups excluding carboxylic acids is 2. The standard InChI is InChI=1S/C22H24N8O6/c1-24-20(33)17-15(31)16(32)22(36-17)30-9-26-14-18(23)27-13(28-19(14)30)6-3-7-29(11-4-2-5-11)21(34)12-8-25-10-35-12/h8-11,15-17,22,31-32H,2,4-5,7H2,1H3,(H,24,33)(H2,23,27,28)/t15?,16-,17+,22-/m1/s1. The number of nitrogens with zero attached hydrogens (tertiary/aromatic N) is 6. The number of nitrogens with two attached hydrogens (primary N) is 1. The molecular weight excluding hydrogens is 472 g/mol. The summed E-state index contributed by atoms with van der Waals surface area (Å²) in [5, 5.41) is 23.2. The summed E-state index contributed by atoms with van der Waals surface area (Å²) < 4.78 is 12.1. The summed E-state index contributed by atoms with van der Waals surface area (Å²) in [6.07, 6.45) is 1.39. The summed E-state index contributed by atoms with van der Waals surface area (Å²) in [6.45, 7) is 0.120. The number of hydrogen-bond donors (Lipinski definition) is 4. The molecule has 3 aromatic rings. The molecule has 36 heavy (non-hydrogen) atoms. The number of fused-ring (bicyclic) bond motifs is 1. The first kappa shape index (κ1) is 23.7. The number of amides is 2. The fraction of sp³-hybridized carbons (Fsp3) is 0.455. The van der Waals surface area contributed by atoms with Crippen molar-refractivity contribution in [2.75, 3.05) is 19.3 Å². The molecule has 1 aliphatic heterocycles. The van der Waals surface area contributed by atoms with E-state index in [1.54, 1.807) is 4.90 Å². The van der Waals surface area contributed by atoms with Gasteiger partial charge in [0.05, 0.1) is 19.1 Å². The van der Waals surface area contributed by atoms with E-state index >= 15 is 0 Å². The average molecular weight is 496 g/mol. The van der Waals surface area contributed by atoms with Gasteiger partial charge in [0, 0.05) is 13.1 Å². The van der Waals surface area contributed by atoms with E-state index in [4.69, 9.17) is 14.9 Å². The molecule has 0 aromatic carbocycles. The van der Waals surface area contributed by atoms with E-state index in [9.17, 15) is 19.8 Å². The van der Waals surface area contributed by atoms with Crippen molar-refractivity contribution in [1.82, 2.24) is 34.7 Å². The first-order chi connectivity index (χ1) is 17.4. The minimum absolute atomic E-state index is 0.0486. The summed E-state index contributed by atoms with van der Waals surface area (Å²) in [6, 6.07) is 0.0625. The third kappa shape index (κ3) is 4.13. The van der Waals surface area contributed by atoms with Crippen LogP contribution in [0.1, 0.15) is 41.9 Å². The van der Waals surface area contributed by atoms with Crippen LogP contribution in [-0.2, 0) is 9.53 Å². The number of carbonyl (C=O) groups is 2. The largest absolute Gasteiger partial charge is 0.438 e. The molecule has 1 saturated carbocycles. The minimum atomic E-state index is -1.45. The number of aliphatic hydroxyl groups is 2. The second kappa shape index (κ2) is 9.53. The number of hydrogen-bond acceptors (Lipinski definition) is 11. The molecule has 14 nitrogen and oxygen atoms in total. The highest BCUT2D eigenvalue weighted by Gasteiger charge is 2.47. The highest BCUT2D eigenvalue weighted by atomic mass is 16.6. The maximum Gasteiger partial charge on any atom is 0.292 e. The van der Waals surface area contributed by atoms with Gasteiger partial charge in [-0.3, -0.25) is 14.2 Å². The molecule has 2 amide bonds. The molecule has 1 unspecified atom stereocenters. The lowest BCUT2D eigenvalue weighted by atomic mass is 9.91. The molecule has 1 saturated heterocycles. The number of oxazole rings is 1. The molecule has 0 bridgehead atoms. The summed E-state index contributed by atoms with van der Waals surface area (Å²) in [7, 11) is 1.40. The smallest absolute Gasteiger partial charge is 0.292 e. The molecule has 0 radical (unpaired) electrons. The molecule has 14 heteroatoms. The lowest BCUT2D eigenvalue weighted by molar-refractivity contribution is -0.137. The Hall–Kier alpha value is -4.06. The number of aromatic nitrogens is 5. The fourth-order valence-corrected chi connectivity index (χ4v) is 4.16. The number of aliphatic hydroxyl groups excluding tert-OH is 2. The second-order valence-electron chi connectivity index (χ2n) is 8.48. The summed E-state index contributed by atoms with van der Waals surface area (Å²) in [5.74, 6) is 5.13. The van der Waals surface area contributed by atoms with E-state index in [-0.39, 0.29) is 47.1 Å². The number of ether oxygens (including phenoxy) is 1. The Morgan fingerprint density at radius 2 is 2.11 bits per heavy atom. The van der Waals surface area contributed by atoms with Gasteiger partial charge in [-0.25, -0.2) is 19.9 Å². The lowest BCUT2D eigenvalue weighted by Crippen LogP contribution is -2.44. The molecule has 2 fully saturated rings. The van der Waals surface area contributed by atoms with Crippen LogP contribution in [0.5, 0.6) is 0 Å². The van der Waals surface area contributed by atoms with Crippen LogP contribution in [0.15, 0.2) is 23.3 Å². The molecular formula is C22H24N8O6. The van der Waals surface area contributed by atoms with Crippen molar-refractivity contribution in [3.63, 3.8) is 0 Å². The first-order valence-corrected chi connectivity index (χ1v) is 11.3. The van der Waals surface area contributed by atoms with Crippen LogP contribution < -0.4 is 11.1 Å². The summed E-state index contributed by atoms with van der Waals surface area (Å²) >= 11 is 0. The van der Waals surface area contributed by atoms with E-state index in [1.165, 1.54) is 30.5 Å². The lowest BCUT2D eigenvalue weighted by Gasteiger charge is -2.35. The topological polar surface area (TPSA) is 195 Å². The maximum atomic E-state index is 12.8. The quantitative estimate of drug-likeness (QED) is 0.310. The number of nitrogen functional groups attached to an aromatic ring is 1. The normalized spacial score (nSPS) is 23.6. The van der Waals surface area contributed by atoms with Gasteiger partial charge in [0.2, 0.25) is 11.6 Å². The fourth-order valence-electron chi connectivity index (χ4n) is 4.16. The van der Waals surface area contributed by atoms with E-state index in [0.717, 1.165) is 19.3 Å². The van der Waals surface area contributed by atoms with Gasteiger partial charge in [-0.2, -0.15) is 0 Å². The van der Waals surface area contributed by atoms with E-state index in [2.05, 4.69) is 37.1 Å². The third-order valence-corrected chi connectivity index (χ3v) is 6.33. The Kier molecular flexibility index (Phi) is 6.27. The van der Waals surface area contributed by atoms with Crippen LogP contribution in [0.4, 0.5) is 5.82 Å². The van der Waals surface area contributed by atoms with E-state index < -0.39 is 30.4 Å². The van der Waals surface area contributed by atoms with Crippen LogP contribution in [-0.4, -0.2) is 89.4 Å². The number of nitrogens with one attached hydrogen (secondary N) is 1. The maximum absolute atomic E-state index is 12.8. The van der Waals surface area contributed by atoms with Gasteiger partial charge in [-0.05, 0) is 25.2 Å². The third-order valence-electron chi connectivity index (χ3n) is 6.33. The molecule has 188 valence electrons. The molecule has 4 heterocycles. The Bertz CT molecular complexity index is 1340. The molecule has 4 atom stereocenters. The SMILES string of the molecule is CNC(=O)[C@H]1O[C@@H](n2cnc3c(N)nc(C#CCN(C(=O)c4cnco4)C4CCC4)nc32)[C@H](O)C1O. The van der Waals surface area contributed by atoms with Crippen molar-refractivity contribution in [1.29, 1.82) is 0 Å². The van der Waals surface area contributed by atoms with Gasteiger partial charge < -0.3 is 35.3 Å². The highest BCUT2D eigenvalue weighted by Crippen LogP contribution is 2.32. The predicted molar refractivity (Wildman–Crippen MR) is 122 cm³/mol. The molecule has 1 aliphatic carbocycles. The van der Waals surface area contributed by atoms with E-state index in [1.807, 2.05) is 0 Å². The minimum Gasteiger partial charge on any atom is -0.438 e. The zero-order chi connectivity index (χ0) is 25.4. The van der Waals surface area contributed by atoms with Crippen molar-refractivity contribution in [2.45, 2.75) is 49.8 Å². The van der Waals surface area contributed by atoms with Crippen LogP contribution >= 0.6 is 0 Å². The molecule has 3 aromatic heterocycles. The zero-order valence-electron chi connectivity index (χ0n) is 19.2. The number of rotatable bonds is 5. The number of likely N-dealkylation sites (N-methyl/N-ethyl adjacent to an activating group) is 1. The number of imidazole rings is 1. The van der Waals surface area contributed by atoms with Gasteiger partial charge in [0.1, 0.15) is 17.7 Å². The van der Waals surface area contributed by atoms with Crippen molar-refractivity contribution in [2.24, 2.45) is 0 Å². The van der Waals surface area contributed by atoms with E-state index in [0.29, 0.717) is 0 Å². The highest BCUT2D eigenvalue weighted by molar-refractivity contribution is 5.91. The first-order valence-electron chi connectivity index (χ1n) is 11.3. The van der Waals surface area contributed by atoms with Gasteiger partial charge in [0.25, 0.3) is 11.8 Å². The Labute approximate surface area is 204 Å². The van der Waals surface area contributed by atoms with Gasteiger partial charge in [-0.15, -0.1) is 0 Å². The van der Waals surface area contributed by atoms with Crippen molar-refractivity contribution < 1.29 is 29.0 Å². The molecule has 0 spiro atoms. The van der Waals surface area contributed by atoms with Gasteiger partial charge in [0.15, 0.2) is 30.2 Å². The predicted octanol–water partition coefficient (Wildman–Crippen LogP) is -1.19. The monoisotopic (exact) mass is 496 g/mol. The Morgan fingerprint density at radius 3 is 2.78 bits per heavy atom. The van der Waals surface area contributed by atoms with Crippen molar-refractivity contribution >= 4 is 28.8 Å². The molecule has 5 N–H and O–H groups in total. The van der Waals surface area contributed by atoms with Crippen molar-refractivity contribution in [3.05, 3.63) is 30.5 Å². The van der Waals surface area contributed by atoms with Crippen LogP contribution in [0.25, 0.3) is 11.2 Å². The van der Waals surface area contributed by atoms with Gasteiger partial charge >= 0.3 is 0 Å². The Morgan fingerprint density at radius 1 is 1.31 bits per heavy atom. The number of anilines is 1. The van der Waals surface area contributed by atoms with Crippen LogP contribution in [0, 0.1) is 11.8 Å². The molecule has 5 rings (SSSR count).